The van der Waals surface area contributed by atoms with E-state index in [1.807, 2.05) is 4.90 Å². The Morgan fingerprint density at radius 2 is 2.04 bits per heavy atom. The van der Waals surface area contributed by atoms with Crippen LogP contribution in [-0.2, 0) is 4.74 Å². The van der Waals surface area contributed by atoms with E-state index in [1.165, 1.54) is 0 Å². The number of carbonyl (C=O) groups excluding carboxylic acids is 1. The highest BCUT2D eigenvalue weighted by Crippen LogP contribution is 2.39. The Kier molecular flexibility index (Phi) is 4.07. The van der Waals surface area contributed by atoms with E-state index < -0.39 is 0 Å². The van der Waals surface area contributed by atoms with Crippen LogP contribution in [0.25, 0.3) is 0 Å². The van der Waals surface area contributed by atoms with Gasteiger partial charge in [0.15, 0.2) is 0 Å². The molecule has 8 heteroatoms. The minimum Gasteiger partial charge on any atom is -0.425 e. The van der Waals surface area contributed by atoms with Gasteiger partial charge in [0.25, 0.3) is 5.91 Å². The summed E-state index contributed by atoms with van der Waals surface area (Å²) in [6.07, 6.45) is 1.76. The number of aryl methyl sites for hydroxylation is 3. The maximum absolute atomic E-state index is 13.0. The molecule has 2 aromatic heterocycles. The largest absolute Gasteiger partial charge is 0.425 e. The zero-order chi connectivity index (χ0) is 17.6. The van der Waals surface area contributed by atoms with Crippen LogP contribution in [0.15, 0.2) is 8.94 Å². The number of aromatic nitrogens is 3. The van der Waals surface area contributed by atoms with Gasteiger partial charge in [0.2, 0.25) is 11.8 Å². The van der Waals surface area contributed by atoms with Crippen molar-refractivity contribution in [1.82, 2.24) is 20.3 Å². The van der Waals surface area contributed by atoms with Crippen LogP contribution in [0, 0.1) is 26.7 Å². The van der Waals surface area contributed by atoms with E-state index in [1.54, 1.807) is 20.8 Å². The van der Waals surface area contributed by atoms with Crippen molar-refractivity contribution in [3.05, 3.63) is 28.8 Å². The Morgan fingerprint density at radius 1 is 1.20 bits per heavy atom. The second-order valence-electron chi connectivity index (χ2n) is 6.87. The average molecular weight is 346 g/mol. The lowest BCUT2D eigenvalue weighted by Crippen LogP contribution is -2.51. The minimum atomic E-state index is -0.0271. The van der Waals surface area contributed by atoms with Crippen LogP contribution in [0.3, 0.4) is 0 Å². The summed E-state index contributed by atoms with van der Waals surface area (Å²) in [5, 5.41) is 12.1. The summed E-state index contributed by atoms with van der Waals surface area (Å²) in [6.45, 7) is 7.32. The topological polar surface area (TPSA) is 94.5 Å². The zero-order valence-corrected chi connectivity index (χ0v) is 14.7. The zero-order valence-electron chi connectivity index (χ0n) is 14.7. The molecule has 2 aliphatic heterocycles. The Hall–Kier alpha value is -2.22. The summed E-state index contributed by atoms with van der Waals surface area (Å²) in [5.41, 5.74) is 1.20. The van der Waals surface area contributed by atoms with Gasteiger partial charge in [-0.3, -0.25) is 4.79 Å². The summed E-state index contributed by atoms with van der Waals surface area (Å²) in [7, 11) is 0. The van der Waals surface area contributed by atoms with E-state index in [-0.39, 0.29) is 23.8 Å². The first kappa shape index (κ1) is 16.3. The van der Waals surface area contributed by atoms with E-state index >= 15 is 0 Å². The summed E-state index contributed by atoms with van der Waals surface area (Å²) < 4.78 is 16.8. The van der Waals surface area contributed by atoms with Crippen molar-refractivity contribution in [2.75, 3.05) is 19.7 Å². The monoisotopic (exact) mass is 346 g/mol. The van der Waals surface area contributed by atoms with Gasteiger partial charge in [0.05, 0.1) is 11.8 Å². The van der Waals surface area contributed by atoms with Crippen molar-refractivity contribution in [2.45, 2.75) is 45.6 Å². The lowest BCUT2D eigenvalue weighted by atomic mass is 9.79. The fourth-order valence-corrected chi connectivity index (χ4v) is 4.01. The van der Waals surface area contributed by atoms with Crippen LogP contribution in [0.4, 0.5) is 0 Å². The molecule has 4 heterocycles. The van der Waals surface area contributed by atoms with Crippen molar-refractivity contribution in [1.29, 1.82) is 0 Å². The molecule has 2 fully saturated rings. The minimum absolute atomic E-state index is 0.0271. The lowest BCUT2D eigenvalue weighted by molar-refractivity contribution is -0.0751. The number of hydrogen-bond donors (Lipinski definition) is 0. The molecule has 2 saturated heterocycles. The van der Waals surface area contributed by atoms with E-state index in [0.717, 1.165) is 12.8 Å². The van der Waals surface area contributed by atoms with Gasteiger partial charge in [-0.25, -0.2) is 0 Å². The molecule has 2 aliphatic rings. The molecule has 0 bridgehead atoms. The first-order chi connectivity index (χ1) is 12.0. The van der Waals surface area contributed by atoms with Crippen molar-refractivity contribution in [2.24, 2.45) is 5.92 Å². The normalized spacial score (nSPS) is 26.5. The molecule has 4 rings (SSSR count). The van der Waals surface area contributed by atoms with Gasteiger partial charge in [0.1, 0.15) is 11.3 Å². The van der Waals surface area contributed by atoms with Gasteiger partial charge in [-0.05, 0) is 26.7 Å². The SMILES string of the molecule is Cc1nnc([C@@H]2CCO[C@@H]3CCN(C(=O)c4c(C)noc4C)C[C@@H]32)o1. The number of piperidine rings is 1. The number of nitrogens with zero attached hydrogens (tertiary/aromatic N) is 4. The van der Waals surface area contributed by atoms with Crippen molar-refractivity contribution in [3.63, 3.8) is 0 Å². The molecular formula is C17H22N4O4. The third kappa shape index (κ3) is 2.84. The number of fused-ring (bicyclic) bond motifs is 1. The van der Waals surface area contributed by atoms with Gasteiger partial charge >= 0.3 is 0 Å². The average Bonchev–Trinajstić information content (AvgIpc) is 3.19. The molecule has 0 radical (unpaired) electrons. The van der Waals surface area contributed by atoms with Crippen LogP contribution < -0.4 is 0 Å². The van der Waals surface area contributed by atoms with E-state index in [2.05, 4.69) is 15.4 Å². The highest BCUT2D eigenvalue weighted by molar-refractivity contribution is 5.96. The number of rotatable bonds is 2. The predicted molar refractivity (Wildman–Crippen MR) is 86.1 cm³/mol. The van der Waals surface area contributed by atoms with Crippen LogP contribution in [0.2, 0.25) is 0 Å². The number of carbonyl (C=O) groups is 1. The van der Waals surface area contributed by atoms with Crippen LogP contribution in [0.5, 0.6) is 0 Å². The smallest absolute Gasteiger partial charge is 0.259 e. The highest BCUT2D eigenvalue weighted by Gasteiger charge is 2.43. The van der Waals surface area contributed by atoms with Gasteiger partial charge in [-0.1, -0.05) is 5.16 Å². The fraction of sp³-hybridized carbons (Fsp3) is 0.647. The van der Waals surface area contributed by atoms with Gasteiger partial charge in [-0.2, -0.15) is 0 Å². The molecule has 3 atom stereocenters. The van der Waals surface area contributed by atoms with Gasteiger partial charge in [-0.15, -0.1) is 10.2 Å². The second-order valence-corrected chi connectivity index (χ2v) is 6.87. The second kappa shape index (κ2) is 6.25. The Labute approximate surface area is 145 Å². The van der Waals surface area contributed by atoms with Crippen LogP contribution >= 0.6 is 0 Å². The van der Waals surface area contributed by atoms with Gasteiger partial charge in [0, 0.05) is 38.5 Å². The van der Waals surface area contributed by atoms with Crippen molar-refractivity contribution >= 4 is 5.91 Å². The van der Waals surface area contributed by atoms with Crippen LogP contribution in [0.1, 0.15) is 52.4 Å². The molecular weight excluding hydrogens is 324 g/mol. The lowest BCUT2D eigenvalue weighted by Gasteiger charge is -2.44. The Bertz CT molecular complexity index is 764. The maximum atomic E-state index is 13.0. The number of hydrogen-bond acceptors (Lipinski definition) is 7. The molecule has 134 valence electrons. The maximum Gasteiger partial charge on any atom is 0.259 e. The molecule has 0 aromatic carbocycles. The number of amides is 1. The summed E-state index contributed by atoms with van der Waals surface area (Å²) in [4.78, 5) is 14.8. The molecule has 1 amide bonds. The molecule has 2 aromatic rings. The summed E-state index contributed by atoms with van der Waals surface area (Å²) in [5.74, 6) is 2.04. The predicted octanol–water partition coefficient (Wildman–Crippen LogP) is 2.02. The van der Waals surface area contributed by atoms with E-state index in [0.29, 0.717) is 48.5 Å². The third-order valence-electron chi connectivity index (χ3n) is 5.26. The number of likely N-dealkylation sites (tertiary alicyclic amines) is 1. The van der Waals surface area contributed by atoms with Crippen LogP contribution in [-0.4, -0.2) is 52.0 Å². The van der Waals surface area contributed by atoms with Crippen molar-refractivity contribution in [3.8, 4) is 0 Å². The molecule has 0 aliphatic carbocycles. The molecule has 0 spiro atoms. The fourth-order valence-electron chi connectivity index (χ4n) is 4.01. The highest BCUT2D eigenvalue weighted by atomic mass is 16.5. The molecule has 0 N–H and O–H groups in total. The third-order valence-corrected chi connectivity index (χ3v) is 5.26. The quantitative estimate of drug-likeness (QED) is 0.821. The standard InChI is InChI=1S/C17H22N4O4/c1-9-15(10(2)25-20-9)17(22)21-6-4-14-13(8-21)12(5-7-23-14)16-19-18-11(3)24-16/h12-14H,4-8H2,1-3H3/t12-,13-,14-/m1/s1. The van der Waals surface area contributed by atoms with Gasteiger partial charge < -0.3 is 18.6 Å². The first-order valence-corrected chi connectivity index (χ1v) is 8.68. The summed E-state index contributed by atoms with van der Waals surface area (Å²) in [6, 6.07) is 0. The van der Waals surface area contributed by atoms with E-state index in [9.17, 15) is 4.79 Å². The molecule has 0 saturated carbocycles. The molecule has 0 unspecified atom stereocenters. The van der Waals surface area contributed by atoms with E-state index in [4.69, 9.17) is 13.7 Å². The Balaban J connectivity index is 1.57. The number of ether oxygens (including phenoxy) is 1. The molecule has 25 heavy (non-hydrogen) atoms. The molecule has 8 nitrogen and oxygen atoms in total. The summed E-state index contributed by atoms with van der Waals surface area (Å²) >= 11 is 0. The Morgan fingerprint density at radius 3 is 2.72 bits per heavy atom. The first-order valence-electron chi connectivity index (χ1n) is 8.68. The van der Waals surface area contributed by atoms with Crippen molar-refractivity contribution < 1.29 is 18.5 Å².